The van der Waals surface area contributed by atoms with Crippen LogP contribution in [-0.4, -0.2) is 63.9 Å². The molecule has 0 radical (unpaired) electrons. The molecule has 1 rings (SSSR count). The largest absolute Gasteiger partial charge is 0.467 e. The third-order valence-electron chi connectivity index (χ3n) is 3.77. The van der Waals surface area contributed by atoms with Crippen molar-refractivity contribution in [2.75, 3.05) is 27.3 Å². The summed E-state index contributed by atoms with van der Waals surface area (Å²) in [6.45, 7) is 2.38. The molecule has 1 atom stereocenters. The number of nitrogens with one attached hydrogen (secondary N) is 1. The topological polar surface area (TPSA) is 119 Å². The lowest BCUT2D eigenvalue weighted by Gasteiger charge is -2.19. The summed E-state index contributed by atoms with van der Waals surface area (Å²) in [5.74, 6) is -2.80. The summed E-state index contributed by atoms with van der Waals surface area (Å²) in [6, 6.07) is 3.23. The average Bonchev–Trinajstić information content (AvgIpc) is 2.65. The van der Waals surface area contributed by atoms with Gasteiger partial charge in [0.15, 0.2) is 6.61 Å². The summed E-state index contributed by atoms with van der Waals surface area (Å²) in [5.41, 5.74) is 0. The fourth-order valence-electron chi connectivity index (χ4n) is 2.31. The number of halogens is 1. The van der Waals surface area contributed by atoms with Crippen LogP contribution < -0.4 is 5.32 Å². The van der Waals surface area contributed by atoms with Crippen LogP contribution in [0.1, 0.15) is 20.3 Å². The van der Waals surface area contributed by atoms with Crippen molar-refractivity contribution < 1.29 is 36.7 Å². The van der Waals surface area contributed by atoms with Gasteiger partial charge < -0.3 is 14.8 Å². The summed E-state index contributed by atoms with van der Waals surface area (Å²) in [6.07, 6.45) is 0.338. The van der Waals surface area contributed by atoms with Crippen LogP contribution in [0.5, 0.6) is 0 Å². The molecule has 0 aliphatic heterocycles. The van der Waals surface area contributed by atoms with Crippen LogP contribution >= 0.6 is 0 Å². The van der Waals surface area contributed by atoms with Crippen LogP contribution in [0.2, 0.25) is 0 Å². The van der Waals surface area contributed by atoms with Crippen molar-refractivity contribution in [1.82, 2.24) is 9.62 Å². The van der Waals surface area contributed by atoms with Crippen LogP contribution in [0.4, 0.5) is 4.39 Å². The van der Waals surface area contributed by atoms with Gasteiger partial charge in [-0.15, -0.1) is 0 Å². The van der Waals surface area contributed by atoms with Gasteiger partial charge in [0.1, 0.15) is 18.4 Å². The molecule has 1 unspecified atom stereocenters. The number of rotatable bonds is 10. The van der Waals surface area contributed by atoms with Crippen LogP contribution in [0, 0.1) is 11.7 Å². The van der Waals surface area contributed by atoms with Gasteiger partial charge in [0, 0.05) is 7.05 Å². The highest BCUT2D eigenvalue weighted by Crippen LogP contribution is 2.14. The first-order valence-electron chi connectivity index (χ1n) is 8.72. The van der Waals surface area contributed by atoms with Crippen LogP contribution in [0.15, 0.2) is 29.2 Å². The van der Waals surface area contributed by atoms with Crippen molar-refractivity contribution in [3.8, 4) is 0 Å². The molecule has 0 saturated heterocycles. The fourth-order valence-corrected chi connectivity index (χ4v) is 3.42. The number of likely N-dealkylation sites (N-methyl/N-ethyl adjacent to an activating group) is 1. The van der Waals surface area contributed by atoms with E-state index in [0.717, 1.165) is 35.6 Å². The Kier molecular flexibility index (Phi) is 9.18. The molecule has 0 bridgehead atoms. The van der Waals surface area contributed by atoms with Gasteiger partial charge in [-0.1, -0.05) is 13.8 Å². The monoisotopic (exact) mass is 432 g/mol. The van der Waals surface area contributed by atoms with Crippen molar-refractivity contribution in [2.24, 2.45) is 5.92 Å². The van der Waals surface area contributed by atoms with Crippen LogP contribution in [0.25, 0.3) is 0 Å². The van der Waals surface area contributed by atoms with Gasteiger partial charge in [0.25, 0.3) is 5.91 Å². The Bertz CT molecular complexity index is 825. The molecule has 1 aromatic rings. The minimum Gasteiger partial charge on any atom is -0.467 e. The van der Waals surface area contributed by atoms with E-state index in [1.54, 1.807) is 0 Å². The second-order valence-electron chi connectivity index (χ2n) is 6.65. The quantitative estimate of drug-likeness (QED) is 0.540. The number of esters is 2. The van der Waals surface area contributed by atoms with Gasteiger partial charge in [0.2, 0.25) is 10.0 Å². The number of sulfonamides is 1. The van der Waals surface area contributed by atoms with Gasteiger partial charge >= 0.3 is 11.9 Å². The van der Waals surface area contributed by atoms with Crippen molar-refractivity contribution in [3.63, 3.8) is 0 Å². The molecule has 11 heteroatoms. The Labute approximate surface area is 169 Å². The smallest absolute Gasteiger partial charge is 0.328 e. The lowest BCUT2D eigenvalue weighted by atomic mass is 10.0. The number of nitrogens with zero attached hydrogens (tertiary/aromatic N) is 1. The highest BCUT2D eigenvalue weighted by Gasteiger charge is 2.25. The second-order valence-corrected chi connectivity index (χ2v) is 8.69. The number of hydrogen-bond acceptors (Lipinski definition) is 7. The SMILES string of the molecule is COC(=O)C(CC(C)C)NC(=O)COC(=O)CN(C)S(=O)(=O)c1ccc(F)cc1. The zero-order valence-corrected chi connectivity index (χ0v) is 17.5. The molecule has 1 aromatic carbocycles. The van der Waals surface area contributed by atoms with E-state index in [9.17, 15) is 27.2 Å². The fraction of sp³-hybridized carbons (Fsp3) is 0.500. The maximum atomic E-state index is 12.9. The third-order valence-corrected chi connectivity index (χ3v) is 5.58. The molecule has 0 fully saturated rings. The van der Waals surface area contributed by atoms with E-state index in [1.807, 2.05) is 13.8 Å². The third kappa shape index (κ3) is 7.78. The zero-order chi connectivity index (χ0) is 22.2. The number of hydrogen-bond donors (Lipinski definition) is 1. The van der Waals surface area contributed by atoms with Gasteiger partial charge in [-0.25, -0.2) is 17.6 Å². The number of benzene rings is 1. The summed E-state index contributed by atoms with van der Waals surface area (Å²) in [4.78, 5) is 35.3. The Balaban J connectivity index is 2.60. The molecule has 0 spiro atoms. The molecule has 29 heavy (non-hydrogen) atoms. The van der Waals surface area contributed by atoms with Crippen molar-refractivity contribution in [3.05, 3.63) is 30.1 Å². The Morgan fingerprint density at radius 1 is 1.17 bits per heavy atom. The average molecular weight is 432 g/mol. The maximum Gasteiger partial charge on any atom is 0.328 e. The number of carbonyl (C=O) groups is 3. The van der Waals surface area contributed by atoms with Gasteiger partial charge in [0.05, 0.1) is 12.0 Å². The first-order chi connectivity index (χ1) is 13.5. The predicted molar refractivity (Wildman–Crippen MR) is 101 cm³/mol. The minimum atomic E-state index is -4.03. The lowest BCUT2D eigenvalue weighted by Crippen LogP contribution is -2.44. The van der Waals surface area contributed by atoms with E-state index in [2.05, 4.69) is 10.1 Å². The van der Waals surface area contributed by atoms with Crippen molar-refractivity contribution in [2.45, 2.75) is 31.2 Å². The number of methoxy groups -OCH3 is 1. The van der Waals surface area contributed by atoms with E-state index in [1.165, 1.54) is 7.11 Å². The Morgan fingerprint density at radius 2 is 1.76 bits per heavy atom. The summed E-state index contributed by atoms with van der Waals surface area (Å²) in [7, 11) is -1.69. The molecule has 162 valence electrons. The molecule has 0 aliphatic carbocycles. The molecule has 0 aromatic heterocycles. The van der Waals surface area contributed by atoms with Crippen molar-refractivity contribution in [1.29, 1.82) is 0 Å². The zero-order valence-electron chi connectivity index (χ0n) is 16.7. The first-order valence-corrected chi connectivity index (χ1v) is 10.2. The summed E-state index contributed by atoms with van der Waals surface area (Å²) < 4.78 is 47.7. The highest BCUT2D eigenvalue weighted by atomic mass is 32.2. The minimum absolute atomic E-state index is 0.104. The van der Waals surface area contributed by atoms with E-state index in [0.29, 0.717) is 6.42 Å². The summed E-state index contributed by atoms with van der Waals surface area (Å²) in [5, 5.41) is 2.41. The number of carbonyl (C=O) groups excluding carboxylic acids is 3. The van der Waals surface area contributed by atoms with Crippen LogP contribution in [-0.2, 0) is 33.9 Å². The number of amides is 1. The highest BCUT2D eigenvalue weighted by molar-refractivity contribution is 7.89. The number of ether oxygens (including phenoxy) is 2. The van der Waals surface area contributed by atoms with E-state index < -0.39 is 52.9 Å². The molecule has 1 amide bonds. The van der Waals surface area contributed by atoms with E-state index >= 15 is 0 Å². The molecular weight excluding hydrogens is 407 g/mol. The molecular formula is C18H25FN2O7S. The molecule has 0 heterocycles. The Hall–Kier alpha value is -2.53. The van der Waals surface area contributed by atoms with Gasteiger partial charge in [-0.3, -0.25) is 9.59 Å². The first kappa shape index (κ1) is 24.5. The standard InChI is InChI=1S/C18H25FN2O7S/c1-12(2)9-15(18(24)27-4)20-16(22)11-28-17(23)10-21(3)29(25,26)14-7-5-13(19)6-8-14/h5-8,12,15H,9-11H2,1-4H3,(H,20,22). The van der Waals surface area contributed by atoms with Crippen molar-refractivity contribution >= 4 is 27.9 Å². The van der Waals surface area contributed by atoms with Gasteiger partial charge in [-0.05, 0) is 36.6 Å². The van der Waals surface area contributed by atoms with E-state index in [-0.39, 0.29) is 10.8 Å². The maximum absolute atomic E-state index is 12.9. The normalized spacial score (nSPS) is 12.5. The van der Waals surface area contributed by atoms with Crippen LogP contribution in [0.3, 0.4) is 0 Å². The Morgan fingerprint density at radius 3 is 2.28 bits per heavy atom. The summed E-state index contributed by atoms with van der Waals surface area (Å²) >= 11 is 0. The second kappa shape index (κ2) is 10.9. The molecule has 0 aliphatic rings. The van der Waals surface area contributed by atoms with Gasteiger partial charge in [-0.2, -0.15) is 4.31 Å². The predicted octanol–water partition coefficient (Wildman–Crippen LogP) is 0.693. The van der Waals surface area contributed by atoms with E-state index in [4.69, 9.17) is 4.74 Å². The lowest BCUT2D eigenvalue weighted by molar-refractivity contribution is -0.150. The molecule has 1 N–H and O–H groups in total. The molecule has 0 saturated carbocycles. The molecule has 9 nitrogen and oxygen atoms in total.